The second-order valence-corrected chi connectivity index (χ2v) is 5.00. The second-order valence-electron chi connectivity index (χ2n) is 5.00. The minimum atomic E-state index is -0.180. The zero-order valence-corrected chi connectivity index (χ0v) is 10.5. The lowest BCUT2D eigenvalue weighted by Crippen LogP contribution is -2.62. The van der Waals surface area contributed by atoms with Gasteiger partial charge in [0.25, 0.3) is 0 Å². The molecular formula is C12H21NO3. The Morgan fingerprint density at radius 3 is 2.50 bits per heavy atom. The van der Waals surface area contributed by atoms with Crippen LogP contribution in [0.25, 0.3) is 0 Å². The molecule has 0 heterocycles. The molecule has 4 nitrogen and oxygen atoms in total. The van der Waals surface area contributed by atoms with Crippen molar-refractivity contribution in [2.24, 2.45) is 5.41 Å². The maximum Gasteiger partial charge on any atom is 0.227 e. The maximum absolute atomic E-state index is 11.4. The SMILES string of the molecule is CCOC1CC(NC(=O)CC(C)=O)C1(C)C. The molecule has 1 aliphatic rings. The normalized spacial score (nSPS) is 27.0. The number of ether oxygens (including phenoxy) is 1. The van der Waals surface area contributed by atoms with Crippen molar-refractivity contribution >= 4 is 11.7 Å². The molecule has 0 spiro atoms. The van der Waals surface area contributed by atoms with E-state index in [0.29, 0.717) is 6.61 Å². The monoisotopic (exact) mass is 227 g/mol. The zero-order chi connectivity index (χ0) is 12.3. The molecule has 0 aromatic carbocycles. The van der Waals surface area contributed by atoms with E-state index in [1.807, 2.05) is 6.92 Å². The average molecular weight is 227 g/mol. The number of nitrogens with one attached hydrogen (secondary N) is 1. The predicted octanol–water partition coefficient (Wildman–Crippen LogP) is 1.29. The highest BCUT2D eigenvalue weighted by Gasteiger charge is 2.49. The van der Waals surface area contributed by atoms with Gasteiger partial charge in [0.1, 0.15) is 5.78 Å². The van der Waals surface area contributed by atoms with Crippen molar-refractivity contribution in [1.29, 1.82) is 0 Å². The summed E-state index contributed by atoms with van der Waals surface area (Å²) in [5, 5.41) is 2.89. The molecule has 1 fully saturated rings. The number of Topliss-reactive ketones (excluding diaryl/α,β-unsaturated/α-hetero) is 1. The van der Waals surface area contributed by atoms with E-state index in [0.717, 1.165) is 6.42 Å². The molecule has 0 bridgehead atoms. The Labute approximate surface area is 96.7 Å². The second kappa shape index (κ2) is 4.95. The van der Waals surface area contributed by atoms with Crippen molar-refractivity contribution in [2.75, 3.05) is 6.61 Å². The van der Waals surface area contributed by atoms with Gasteiger partial charge >= 0.3 is 0 Å². The van der Waals surface area contributed by atoms with Gasteiger partial charge < -0.3 is 10.1 Å². The largest absolute Gasteiger partial charge is 0.378 e. The third-order valence-corrected chi connectivity index (χ3v) is 3.29. The van der Waals surface area contributed by atoms with E-state index in [2.05, 4.69) is 19.2 Å². The highest BCUT2D eigenvalue weighted by molar-refractivity contribution is 5.96. The maximum atomic E-state index is 11.4. The summed E-state index contributed by atoms with van der Waals surface area (Å²) in [5.74, 6) is -0.281. The highest BCUT2D eigenvalue weighted by Crippen LogP contribution is 2.42. The van der Waals surface area contributed by atoms with E-state index >= 15 is 0 Å². The Balaban J connectivity index is 2.41. The van der Waals surface area contributed by atoms with Crippen molar-refractivity contribution in [3.8, 4) is 0 Å². The summed E-state index contributed by atoms with van der Waals surface area (Å²) in [7, 11) is 0. The number of amides is 1. The van der Waals surface area contributed by atoms with Crippen LogP contribution in [-0.2, 0) is 14.3 Å². The molecule has 0 aromatic rings. The molecule has 16 heavy (non-hydrogen) atoms. The van der Waals surface area contributed by atoms with Gasteiger partial charge in [0.2, 0.25) is 5.91 Å². The van der Waals surface area contributed by atoms with Crippen molar-refractivity contribution < 1.29 is 14.3 Å². The fourth-order valence-electron chi connectivity index (χ4n) is 2.09. The van der Waals surface area contributed by atoms with Gasteiger partial charge in [-0.25, -0.2) is 0 Å². The van der Waals surface area contributed by atoms with Crippen LogP contribution in [-0.4, -0.2) is 30.4 Å². The van der Waals surface area contributed by atoms with Gasteiger partial charge in [-0.2, -0.15) is 0 Å². The molecule has 0 aromatic heterocycles. The standard InChI is InChI=1S/C12H21NO3/c1-5-16-10-7-9(12(10,3)4)13-11(15)6-8(2)14/h9-10H,5-7H2,1-4H3,(H,13,15). The molecular weight excluding hydrogens is 206 g/mol. The number of carbonyl (C=O) groups is 2. The Kier molecular flexibility index (Phi) is 4.08. The number of hydrogen-bond acceptors (Lipinski definition) is 3. The van der Waals surface area contributed by atoms with E-state index in [1.165, 1.54) is 6.92 Å². The quantitative estimate of drug-likeness (QED) is 0.720. The van der Waals surface area contributed by atoms with Gasteiger partial charge in [0, 0.05) is 18.1 Å². The summed E-state index contributed by atoms with van der Waals surface area (Å²) >= 11 is 0. The van der Waals surface area contributed by atoms with Gasteiger partial charge in [-0.15, -0.1) is 0 Å². The summed E-state index contributed by atoms with van der Waals surface area (Å²) in [4.78, 5) is 22.2. The highest BCUT2D eigenvalue weighted by atomic mass is 16.5. The lowest BCUT2D eigenvalue weighted by Gasteiger charge is -2.51. The smallest absolute Gasteiger partial charge is 0.227 e. The summed E-state index contributed by atoms with van der Waals surface area (Å²) in [6, 6.07) is 0.121. The number of carbonyl (C=O) groups excluding carboxylic acids is 2. The van der Waals surface area contributed by atoms with Gasteiger partial charge in [0.05, 0.1) is 12.5 Å². The first kappa shape index (κ1) is 13.2. The molecule has 1 N–H and O–H groups in total. The molecule has 1 rings (SSSR count). The number of ketones is 1. The minimum Gasteiger partial charge on any atom is -0.378 e. The summed E-state index contributed by atoms with van der Waals surface area (Å²) < 4.78 is 5.57. The first-order chi connectivity index (χ1) is 7.37. The van der Waals surface area contributed by atoms with Crippen LogP contribution in [0, 0.1) is 5.41 Å². The van der Waals surface area contributed by atoms with Crippen LogP contribution in [0.2, 0.25) is 0 Å². The predicted molar refractivity (Wildman–Crippen MR) is 61.0 cm³/mol. The van der Waals surface area contributed by atoms with Gasteiger partial charge in [0.15, 0.2) is 0 Å². The molecule has 2 atom stereocenters. The molecule has 1 amide bonds. The van der Waals surface area contributed by atoms with Gasteiger partial charge in [-0.1, -0.05) is 13.8 Å². The minimum absolute atomic E-state index is 0.0219. The van der Waals surface area contributed by atoms with Crippen molar-refractivity contribution in [2.45, 2.75) is 52.7 Å². The van der Waals surface area contributed by atoms with Crippen LogP contribution in [0.3, 0.4) is 0 Å². The van der Waals surface area contributed by atoms with Crippen molar-refractivity contribution in [3.63, 3.8) is 0 Å². The third-order valence-electron chi connectivity index (χ3n) is 3.29. The van der Waals surface area contributed by atoms with Crippen LogP contribution >= 0.6 is 0 Å². The molecule has 0 aliphatic heterocycles. The summed E-state index contributed by atoms with van der Waals surface area (Å²) in [6.07, 6.45) is 1.02. The Hall–Kier alpha value is -0.900. The fourth-order valence-corrected chi connectivity index (χ4v) is 2.09. The van der Waals surface area contributed by atoms with Crippen LogP contribution < -0.4 is 5.32 Å². The Bertz CT molecular complexity index is 286. The topological polar surface area (TPSA) is 55.4 Å². The van der Waals surface area contributed by atoms with E-state index in [1.54, 1.807) is 0 Å². The molecule has 0 saturated heterocycles. The summed E-state index contributed by atoms with van der Waals surface area (Å²) in [6.45, 7) is 8.25. The first-order valence-electron chi connectivity index (χ1n) is 5.78. The first-order valence-corrected chi connectivity index (χ1v) is 5.78. The lowest BCUT2D eigenvalue weighted by molar-refractivity contribution is -0.138. The van der Waals surface area contributed by atoms with Crippen LogP contribution in [0.4, 0.5) is 0 Å². The van der Waals surface area contributed by atoms with Crippen LogP contribution in [0.5, 0.6) is 0 Å². The van der Waals surface area contributed by atoms with E-state index < -0.39 is 0 Å². The summed E-state index contributed by atoms with van der Waals surface area (Å²) in [5.41, 5.74) is -0.0392. The van der Waals surface area contributed by atoms with Crippen molar-refractivity contribution in [1.82, 2.24) is 5.32 Å². The van der Waals surface area contributed by atoms with E-state index in [4.69, 9.17) is 4.74 Å². The number of hydrogen-bond donors (Lipinski definition) is 1. The lowest BCUT2D eigenvalue weighted by atomic mass is 9.64. The van der Waals surface area contributed by atoms with E-state index in [9.17, 15) is 9.59 Å². The third kappa shape index (κ3) is 2.82. The Morgan fingerprint density at radius 2 is 2.06 bits per heavy atom. The number of rotatable bonds is 5. The molecule has 92 valence electrons. The molecule has 1 aliphatic carbocycles. The molecule has 1 saturated carbocycles. The van der Waals surface area contributed by atoms with E-state index in [-0.39, 0.29) is 35.7 Å². The molecule has 4 heteroatoms. The average Bonchev–Trinajstić information content (AvgIpc) is 2.15. The van der Waals surface area contributed by atoms with Gasteiger partial charge in [-0.3, -0.25) is 9.59 Å². The van der Waals surface area contributed by atoms with Crippen LogP contribution in [0.15, 0.2) is 0 Å². The van der Waals surface area contributed by atoms with Gasteiger partial charge in [-0.05, 0) is 20.3 Å². The van der Waals surface area contributed by atoms with Crippen LogP contribution in [0.1, 0.15) is 40.5 Å². The fraction of sp³-hybridized carbons (Fsp3) is 0.833. The zero-order valence-electron chi connectivity index (χ0n) is 10.5. The molecule has 0 radical (unpaired) electrons. The van der Waals surface area contributed by atoms with Crippen molar-refractivity contribution in [3.05, 3.63) is 0 Å². The Morgan fingerprint density at radius 1 is 1.44 bits per heavy atom. The molecule has 2 unspecified atom stereocenters.